The van der Waals surface area contributed by atoms with Gasteiger partial charge in [-0.25, -0.2) is 0 Å². The fourth-order valence-electron chi connectivity index (χ4n) is 1.81. The van der Waals surface area contributed by atoms with Crippen LogP contribution in [0.15, 0.2) is 29.1 Å². The van der Waals surface area contributed by atoms with E-state index in [0.29, 0.717) is 0 Å². The van der Waals surface area contributed by atoms with Gasteiger partial charge in [-0.15, -0.1) is 0 Å². The predicted molar refractivity (Wildman–Crippen MR) is 78.8 cm³/mol. The minimum absolute atomic E-state index is 0.835. The van der Waals surface area contributed by atoms with Crippen LogP contribution in [0.4, 0.5) is 0 Å². The van der Waals surface area contributed by atoms with Gasteiger partial charge in [0.05, 0.1) is 8.15 Å². The Morgan fingerprint density at radius 1 is 1.18 bits per heavy atom. The Bertz CT molecular complexity index is 515. The second kappa shape index (κ2) is 5.02. The van der Waals surface area contributed by atoms with Gasteiger partial charge in [-0.05, 0) is 56.8 Å². The van der Waals surface area contributed by atoms with Crippen molar-refractivity contribution in [2.75, 3.05) is 6.16 Å². The molecular weight excluding hydrogens is 246 g/mol. The second-order valence-corrected chi connectivity index (χ2v) is 7.30. The Morgan fingerprint density at radius 2 is 1.88 bits per heavy atom. The average molecular weight is 264 g/mol. The zero-order valence-corrected chi connectivity index (χ0v) is 12.6. The molecule has 1 aromatic heterocycles. The Kier molecular flexibility index (Phi) is 3.83. The van der Waals surface area contributed by atoms with E-state index in [2.05, 4.69) is 45.6 Å². The molecule has 90 valence electrons. The molecule has 2 rings (SSSR count). The van der Waals surface area contributed by atoms with Crippen LogP contribution in [-0.4, -0.2) is 11.1 Å². The molecular formula is C14H18OP2. The van der Waals surface area contributed by atoms with Crippen molar-refractivity contribution in [1.82, 2.24) is 0 Å². The van der Waals surface area contributed by atoms with Gasteiger partial charge in [0.15, 0.2) is 0 Å². The number of rotatable bonds is 1. The van der Waals surface area contributed by atoms with Crippen molar-refractivity contribution in [1.29, 1.82) is 0 Å². The maximum atomic E-state index is 10.2. The van der Waals surface area contributed by atoms with E-state index < -0.39 is 8.15 Å². The van der Waals surface area contributed by atoms with Gasteiger partial charge in [0, 0.05) is 16.8 Å². The Balaban J connectivity index is 2.46. The number of aryl methyl sites for hydroxylation is 2. The molecule has 0 bridgehead atoms. The molecule has 0 radical (unpaired) electrons. The summed E-state index contributed by atoms with van der Waals surface area (Å²) in [5.41, 5.74) is 5.29. The van der Waals surface area contributed by atoms with Crippen molar-refractivity contribution < 1.29 is 4.89 Å². The maximum Gasteiger partial charge on any atom is 0.0614 e. The molecule has 1 aliphatic heterocycles. The topological polar surface area (TPSA) is 20.2 Å². The van der Waals surface area contributed by atoms with Crippen LogP contribution in [0.1, 0.15) is 30.3 Å². The first-order valence-electron chi connectivity index (χ1n) is 5.77. The van der Waals surface area contributed by atoms with Crippen molar-refractivity contribution in [2.45, 2.75) is 27.7 Å². The fourth-order valence-corrected chi connectivity index (χ4v) is 4.87. The quantitative estimate of drug-likeness (QED) is 0.710. The zero-order chi connectivity index (χ0) is 12.6. The highest BCUT2D eigenvalue weighted by atomic mass is 31.1. The zero-order valence-electron chi connectivity index (χ0n) is 10.8. The third-order valence-electron chi connectivity index (χ3n) is 3.33. The molecule has 0 amide bonds. The first-order chi connectivity index (χ1) is 7.99. The number of allylic oxidation sites excluding steroid dienone is 3. The highest BCUT2D eigenvalue weighted by Crippen LogP contribution is 2.53. The van der Waals surface area contributed by atoms with Gasteiger partial charge in [0.1, 0.15) is 0 Å². The molecule has 1 unspecified atom stereocenters. The summed E-state index contributed by atoms with van der Waals surface area (Å²) in [7, 11) is 0.225. The summed E-state index contributed by atoms with van der Waals surface area (Å²) in [5.74, 6) is 2.23. The minimum Gasteiger partial charge on any atom is -0.369 e. The lowest BCUT2D eigenvalue weighted by molar-refractivity contribution is 0.636. The van der Waals surface area contributed by atoms with E-state index in [9.17, 15) is 4.89 Å². The largest absolute Gasteiger partial charge is 0.369 e. The monoisotopic (exact) mass is 264 g/mol. The summed E-state index contributed by atoms with van der Waals surface area (Å²) in [6.07, 6.45) is 3.01. The van der Waals surface area contributed by atoms with Crippen LogP contribution in [-0.2, 0) is 0 Å². The Labute approximate surface area is 106 Å². The molecule has 1 aliphatic rings. The first kappa shape index (κ1) is 13.0. The highest BCUT2D eigenvalue weighted by Gasteiger charge is 2.19. The molecule has 0 spiro atoms. The maximum absolute atomic E-state index is 10.2. The molecule has 0 aromatic carbocycles. The van der Waals surface area contributed by atoms with Crippen LogP contribution in [0.25, 0.3) is 5.31 Å². The highest BCUT2D eigenvalue weighted by molar-refractivity contribution is 7.64. The van der Waals surface area contributed by atoms with Crippen molar-refractivity contribution in [3.05, 3.63) is 45.5 Å². The first-order valence-corrected chi connectivity index (χ1v) is 8.21. The van der Waals surface area contributed by atoms with Crippen molar-refractivity contribution in [2.24, 2.45) is 0 Å². The normalized spacial score (nSPS) is 21.0. The summed E-state index contributed by atoms with van der Waals surface area (Å²) < 4.78 is 0. The van der Waals surface area contributed by atoms with Crippen LogP contribution < -0.4 is 0 Å². The molecule has 1 N–H and O–H groups in total. The lowest BCUT2D eigenvalue weighted by Gasteiger charge is -2.21. The van der Waals surface area contributed by atoms with E-state index in [4.69, 9.17) is 0 Å². The fraction of sp³-hybridized carbons (Fsp3) is 0.357. The van der Waals surface area contributed by atoms with E-state index in [1.165, 1.54) is 35.8 Å². The van der Waals surface area contributed by atoms with Gasteiger partial charge in [0.2, 0.25) is 0 Å². The Morgan fingerprint density at radius 3 is 2.53 bits per heavy atom. The summed E-state index contributed by atoms with van der Waals surface area (Å²) in [6.45, 7) is 8.53. The van der Waals surface area contributed by atoms with E-state index >= 15 is 0 Å². The van der Waals surface area contributed by atoms with E-state index in [-0.39, 0.29) is 0 Å². The molecule has 17 heavy (non-hydrogen) atoms. The van der Waals surface area contributed by atoms with Crippen LogP contribution >= 0.6 is 16.3 Å². The molecule has 3 heteroatoms. The van der Waals surface area contributed by atoms with Crippen LogP contribution in [0.5, 0.6) is 0 Å². The summed E-state index contributed by atoms with van der Waals surface area (Å²) in [4.78, 5) is 10.2. The van der Waals surface area contributed by atoms with Crippen LogP contribution in [0.2, 0.25) is 0 Å². The Hall–Kier alpha value is -0.480. The van der Waals surface area contributed by atoms with Gasteiger partial charge in [-0.3, -0.25) is 0 Å². The molecule has 0 saturated carbocycles. The molecule has 0 aliphatic carbocycles. The van der Waals surface area contributed by atoms with Gasteiger partial charge < -0.3 is 4.89 Å². The van der Waals surface area contributed by atoms with Crippen LogP contribution in [0, 0.1) is 13.8 Å². The lowest BCUT2D eigenvalue weighted by Crippen LogP contribution is -1.98. The molecule has 1 atom stereocenters. The lowest BCUT2D eigenvalue weighted by atomic mass is 10.1. The SMILES string of the molecule is CC1=C(C)CP(O)C(c2cc(C)c(C)cp2)=C1. The van der Waals surface area contributed by atoms with E-state index in [0.717, 1.165) is 11.5 Å². The minimum atomic E-state index is -0.992. The van der Waals surface area contributed by atoms with Crippen LogP contribution in [0.3, 0.4) is 0 Å². The van der Waals surface area contributed by atoms with Gasteiger partial charge in [0.25, 0.3) is 0 Å². The summed E-state index contributed by atoms with van der Waals surface area (Å²) >= 11 is 0. The van der Waals surface area contributed by atoms with Crippen molar-refractivity contribution >= 4 is 21.7 Å². The third-order valence-corrected chi connectivity index (χ3v) is 6.37. The van der Waals surface area contributed by atoms with Crippen molar-refractivity contribution in [3.8, 4) is 0 Å². The number of hydrogen-bond acceptors (Lipinski definition) is 1. The van der Waals surface area contributed by atoms with Gasteiger partial charge in [-0.1, -0.05) is 19.3 Å². The molecule has 0 saturated heterocycles. The average Bonchev–Trinajstić information content (AvgIpc) is 2.27. The van der Waals surface area contributed by atoms with Gasteiger partial charge >= 0.3 is 0 Å². The molecule has 0 fully saturated rings. The molecule has 1 nitrogen and oxygen atoms in total. The van der Waals surface area contributed by atoms with Crippen molar-refractivity contribution in [3.63, 3.8) is 0 Å². The summed E-state index contributed by atoms with van der Waals surface area (Å²) in [6, 6.07) is 2.22. The smallest absolute Gasteiger partial charge is 0.0614 e. The van der Waals surface area contributed by atoms with E-state index in [1.54, 1.807) is 0 Å². The summed E-state index contributed by atoms with van der Waals surface area (Å²) in [5, 5.41) is 2.43. The number of hydrogen-bond donors (Lipinski definition) is 1. The third kappa shape index (κ3) is 2.68. The van der Waals surface area contributed by atoms with Gasteiger partial charge in [-0.2, -0.15) is 0 Å². The second-order valence-electron chi connectivity index (χ2n) is 4.70. The van der Waals surface area contributed by atoms with E-state index in [1.807, 2.05) is 0 Å². The standard InChI is InChI=1S/C14H18OP2/c1-9-5-13(16-7-11(9)3)14-6-10(2)12(4)8-17(14)15/h5-7,15H,8H2,1-4H3. The molecule has 2 heterocycles. The molecule has 1 aromatic rings. The predicted octanol–water partition coefficient (Wildman–Crippen LogP) is 4.96.